The minimum Gasteiger partial charge on any atom is -0.481 e. The first-order valence-corrected chi connectivity index (χ1v) is 5.09. The summed E-state index contributed by atoms with van der Waals surface area (Å²) in [5.41, 5.74) is -1.08. The van der Waals surface area contributed by atoms with Crippen LogP contribution in [-0.4, -0.2) is 34.5 Å². The predicted octanol–water partition coefficient (Wildman–Crippen LogP) is 0.760. The molecule has 15 heavy (non-hydrogen) atoms. The second kappa shape index (κ2) is 6.58. The minimum atomic E-state index is -1.33. The topological polar surface area (TPSA) is 102 Å². The van der Waals surface area contributed by atoms with Crippen LogP contribution in [0.25, 0.3) is 0 Å². The van der Waals surface area contributed by atoms with Crippen LogP contribution < -0.4 is 0 Å². The van der Waals surface area contributed by atoms with Gasteiger partial charge < -0.3 is 20.6 Å². The summed E-state index contributed by atoms with van der Waals surface area (Å²) in [4.78, 5) is 11.0. The molecule has 5 nitrogen and oxygen atoms in total. The van der Waals surface area contributed by atoms with Crippen molar-refractivity contribution in [1.29, 1.82) is 5.41 Å². The lowest BCUT2D eigenvalue weighted by molar-refractivity contribution is -0.145. The number of carboxylic acids is 1. The molecule has 0 spiro atoms. The molecule has 0 bridgehead atoms. The van der Waals surface area contributed by atoms with E-state index in [1.807, 2.05) is 0 Å². The van der Waals surface area contributed by atoms with E-state index in [9.17, 15) is 4.79 Å². The molecule has 0 rings (SSSR count). The van der Waals surface area contributed by atoms with E-state index in [-0.39, 0.29) is 6.32 Å². The Morgan fingerprint density at radius 1 is 1.47 bits per heavy atom. The maximum atomic E-state index is 11.0. The first kappa shape index (κ1) is 14.1. The highest BCUT2D eigenvalue weighted by Gasteiger charge is 2.33. The molecule has 0 aromatic carbocycles. The predicted molar refractivity (Wildman–Crippen MR) is 58.0 cm³/mol. The Bertz CT molecular complexity index is 222. The third-order valence-corrected chi connectivity index (χ3v) is 2.67. The Kier molecular flexibility index (Phi) is 6.20. The van der Waals surface area contributed by atoms with Crippen molar-refractivity contribution in [1.82, 2.24) is 0 Å². The minimum absolute atomic E-state index is 0.247. The number of hydrogen-bond acceptors (Lipinski definition) is 4. The summed E-state index contributed by atoms with van der Waals surface area (Å²) in [6.45, 7) is 1.74. The fourth-order valence-corrected chi connectivity index (χ4v) is 1.44. The van der Waals surface area contributed by atoms with Crippen LogP contribution in [0, 0.1) is 10.8 Å². The molecule has 0 aliphatic rings. The largest absolute Gasteiger partial charge is 0.481 e. The van der Waals surface area contributed by atoms with Crippen LogP contribution in [-0.2, 0) is 4.79 Å². The second-order valence-electron chi connectivity index (χ2n) is 3.69. The Labute approximate surface area is 89.8 Å². The van der Waals surface area contributed by atoms with E-state index < -0.39 is 18.5 Å². The zero-order valence-electron chi connectivity index (χ0n) is 8.94. The highest BCUT2D eigenvalue weighted by Crippen LogP contribution is 2.27. The van der Waals surface area contributed by atoms with Crippen molar-refractivity contribution in [2.24, 2.45) is 5.41 Å². The average Bonchev–Trinajstić information content (AvgIpc) is 2.18. The quantitative estimate of drug-likeness (QED) is 0.272. The molecule has 0 aliphatic heterocycles. The van der Waals surface area contributed by atoms with Crippen molar-refractivity contribution in [3.63, 3.8) is 0 Å². The van der Waals surface area contributed by atoms with Crippen molar-refractivity contribution >= 4 is 19.3 Å². The smallest absolute Gasteiger partial charge is 0.451 e. The second-order valence-corrected chi connectivity index (χ2v) is 3.69. The van der Waals surface area contributed by atoms with Gasteiger partial charge in [-0.05, 0) is 19.2 Å². The molecule has 0 fully saturated rings. The van der Waals surface area contributed by atoms with E-state index in [1.54, 1.807) is 6.92 Å². The molecule has 0 aliphatic carbocycles. The van der Waals surface area contributed by atoms with Gasteiger partial charge in [-0.3, -0.25) is 4.79 Å². The van der Waals surface area contributed by atoms with E-state index in [0.717, 1.165) is 6.21 Å². The first-order valence-electron chi connectivity index (χ1n) is 5.09. The van der Waals surface area contributed by atoms with Crippen LogP contribution in [0.4, 0.5) is 0 Å². The Morgan fingerprint density at radius 3 is 2.40 bits per heavy atom. The van der Waals surface area contributed by atoms with Gasteiger partial charge in [0.25, 0.3) is 0 Å². The Balaban J connectivity index is 4.08. The molecule has 86 valence electrons. The molecule has 0 saturated heterocycles. The summed E-state index contributed by atoms with van der Waals surface area (Å²) in [5, 5.41) is 33.3. The summed E-state index contributed by atoms with van der Waals surface area (Å²) in [6.07, 6.45) is 3.11. The van der Waals surface area contributed by atoms with Gasteiger partial charge in [-0.1, -0.05) is 19.8 Å². The summed E-state index contributed by atoms with van der Waals surface area (Å²) >= 11 is 0. The van der Waals surface area contributed by atoms with Crippen molar-refractivity contribution in [2.45, 2.75) is 38.9 Å². The van der Waals surface area contributed by atoms with E-state index in [2.05, 4.69) is 0 Å². The number of carbonyl (C=O) groups is 1. The number of carboxylic acid groups (broad SMARTS) is 1. The van der Waals surface area contributed by atoms with Crippen LogP contribution in [0.2, 0.25) is 6.32 Å². The number of aliphatic carboxylic acids is 1. The van der Waals surface area contributed by atoms with Gasteiger partial charge in [0.05, 0.1) is 0 Å². The number of hydrogen-bond donors (Lipinski definition) is 4. The van der Waals surface area contributed by atoms with Gasteiger partial charge in [0, 0.05) is 6.21 Å². The van der Waals surface area contributed by atoms with Crippen LogP contribution in [0.15, 0.2) is 0 Å². The molecule has 0 aromatic heterocycles. The number of unbranched alkanes of at least 4 members (excludes halogenated alkanes) is 1. The number of rotatable bonds is 8. The van der Waals surface area contributed by atoms with Crippen molar-refractivity contribution < 1.29 is 19.9 Å². The Morgan fingerprint density at radius 2 is 2.07 bits per heavy atom. The fourth-order valence-electron chi connectivity index (χ4n) is 1.44. The van der Waals surface area contributed by atoms with Gasteiger partial charge in [-0.15, -0.1) is 0 Å². The van der Waals surface area contributed by atoms with E-state index in [1.165, 1.54) is 0 Å². The lowest BCUT2D eigenvalue weighted by Gasteiger charge is -2.22. The van der Waals surface area contributed by atoms with Crippen molar-refractivity contribution in [2.75, 3.05) is 0 Å². The standard InChI is InChI=1S/C9H18BNO4/c1-2-9(7-11,8(12)13)5-3-4-6-10(14)15/h7,11,14-15H,2-6H2,1H3,(H,12,13). The molecular weight excluding hydrogens is 197 g/mol. The molecule has 1 atom stereocenters. The lowest BCUT2D eigenvalue weighted by Crippen LogP contribution is -2.31. The average molecular weight is 215 g/mol. The maximum Gasteiger partial charge on any atom is 0.451 e. The normalized spacial score (nSPS) is 14.3. The molecule has 0 heterocycles. The zero-order valence-corrected chi connectivity index (χ0v) is 8.94. The van der Waals surface area contributed by atoms with Gasteiger partial charge >= 0.3 is 13.1 Å². The van der Waals surface area contributed by atoms with Gasteiger partial charge in [-0.2, -0.15) is 0 Å². The van der Waals surface area contributed by atoms with Crippen molar-refractivity contribution in [3.05, 3.63) is 0 Å². The first-order chi connectivity index (χ1) is 6.98. The van der Waals surface area contributed by atoms with Gasteiger partial charge in [0.15, 0.2) is 0 Å². The van der Waals surface area contributed by atoms with Gasteiger partial charge in [0.2, 0.25) is 0 Å². The SMILES string of the molecule is CCC(C=N)(CCCCB(O)O)C(=O)O. The summed E-state index contributed by atoms with van der Waals surface area (Å²) in [7, 11) is -1.33. The summed E-state index contributed by atoms with van der Waals surface area (Å²) in [6, 6.07) is 0. The molecule has 1 unspecified atom stereocenters. The molecular formula is C9H18BNO4. The molecule has 6 heteroatoms. The third kappa shape index (κ3) is 4.44. The van der Waals surface area contributed by atoms with Crippen molar-refractivity contribution in [3.8, 4) is 0 Å². The van der Waals surface area contributed by atoms with Crippen LogP contribution >= 0.6 is 0 Å². The molecule has 0 aromatic rings. The summed E-state index contributed by atoms with van der Waals surface area (Å²) in [5.74, 6) is -0.982. The summed E-state index contributed by atoms with van der Waals surface area (Å²) < 4.78 is 0. The van der Waals surface area contributed by atoms with Crippen LogP contribution in [0.1, 0.15) is 32.6 Å². The molecule has 0 radical (unpaired) electrons. The molecule has 0 saturated carbocycles. The lowest BCUT2D eigenvalue weighted by atomic mass is 9.78. The Hall–Kier alpha value is -0.875. The van der Waals surface area contributed by atoms with E-state index in [4.69, 9.17) is 20.6 Å². The van der Waals surface area contributed by atoms with Crippen LogP contribution in [0.3, 0.4) is 0 Å². The highest BCUT2D eigenvalue weighted by atomic mass is 16.4. The monoisotopic (exact) mass is 215 g/mol. The van der Waals surface area contributed by atoms with Gasteiger partial charge in [-0.25, -0.2) is 0 Å². The van der Waals surface area contributed by atoms with E-state index >= 15 is 0 Å². The maximum absolute atomic E-state index is 11.0. The molecule has 4 N–H and O–H groups in total. The third-order valence-electron chi connectivity index (χ3n) is 2.67. The number of nitrogens with one attached hydrogen (secondary N) is 1. The van der Waals surface area contributed by atoms with E-state index in [0.29, 0.717) is 25.7 Å². The molecule has 0 amide bonds. The fraction of sp³-hybridized carbons (Fsp3) is 0.778. The van der Waals surface area contributed by atoms with Crippen LogP contribution in [0.5, 0.6) is 0 Å². The highest BCUT2D eigenvalue weighted by molar-refractivity contribution is 6.40. The van der Waals surface area contributed by atoms with Gasteiger partial charge in [0.1, 0.15) is 5.41 Å². The zero-order chi connectivity index (χ0) is 11.9.